The van der Waals surface area contributed by atoms with Crippen LogP contribution in [0.3, 0.4) is 0 Å². The lowest BCUT2D eigenvalue weighted by atomic mass is 10.2. The Morgan fingerprint density at radius 1 is 1.58 bits per heavy atom. The lowest BCUT2D eigenvalue weighted by Crippen LogP contribution is -2.54. The van der Waals surface area contributed by atoms with E-state index in [1.54, 1.807) is 13.2 Å². The van der Waals surface area contributed by atoms with Crippen LogP contribution in [0.1, 0.15) is 5.69 Å². The molecule has 3 N–H and O–H groups in total. The van der Waals surface area contributed by atoms with E-state index in [0.717, 1.165) is 0 Å². The summed E-state index contributed by atoms with van der Waals surface area (Å²) in [5.41, 5.74) is 6.07. The second-order valence-electron chi connectivity index (χ2n) is 3.99. The Hall–Kier alpha value is -1.80. The summed E-state index contributed by atoms with van der Waals surface area (Å²) in [7, 11) is 1.58. The van der Waals surface area contributed by atoms with Crippen molar-refractivity contribution in [2.45, 2.75) is 6.04 Å². The highest BCUT2D eigenvalue weighted by atomic mass is 32.1. The molecule has 0 spiro atoms. The second-order valence-corrected chi connectivity index (χ2v) is 4.43. The van der Waals surface area contributed by atoms with Crippen molar-refractivity contribution in [3.05, 3.63) is 18.1 Å². The van der Waals surface area contributed by atoms with Crippen LogP contribution in [0.5, 0.6) is 0 Å². The number of carbonyl (C=O) groups excluding carboxylic acids is 1. The summed E-state index contributed by atoms with van der Waals surface area (Å²) in [6.07, 6.45) is 3.07. The van der Waals surface area contributed by atoms with E-state index in [1.165, 1.54) is 6.20 Å². The van der Waals surface area contributed by atoms with Crippen LogP contribution < -0.4 is 16.0 Å². The number of morpholine rings is 1. The molecule has 2 heterocycles. The molecule has 2 rings (SSSR count). The summed E-state index contributed by atoms with van der Waals surface area (Å²) >= 11 is 4.97. The topological polar surface area (TPSA) is 93.4 Å². The first-order valence-electron chi connectivity index (χ1n) is 5.82. The molecule has 0 aliphatic carbocycles. The summed E-state index contributed by atoms with van der Waals surface area (Å²) in [6.45, 7) is 1.35. The van der Waals surface area contributed by atoms with E-state index in [0.29, 0.717) is 31.3 Å². The van der Waals surface area contributed by atoms with Gasteiger partial charge in [-0.1, -0.05) is 12.2 Å². The Kier molecular flexibility index (Phi) is 4.23. The number of ether oxygens (including phenoxy) is 1. The van der Waals surface area contributed by atoms with Crippen molar-refractivity contribution >= 4 is 28.9 Å². The molecule has 102 valence electrons. The van der Waals surface area contributed by atoms with Gasteiger partial charge in [0.15, 0.2) is 5.82 Å². The van der Waals surface area contributed by atoms with Gasteiger partial charge in [0.2, 0.25) is 5.91 Å². The van der Waals surface area contributed by atoms with Gasteiger partial charge in [-0.05, 0) is 0 Å². The highest BCUT2D eigenvalue weighted by molar-refractivity contribution is 7.80. The molecule has 0 aromatic carbocycles. The fourth-order valence-electron chi connectivity index (χ4n) is 1.96. The highest BCUT2D eigenvalue weighted by Gasteiger charge is 2.31. The zero-order chi connectivity index (χ0) is 13.8. The summed E-state index contributed by atoms with van der Waals surface area (Å²) < 4.78 is 5.34. The molecular formula is C11H15N5O2S. The number of anilines is 1. The van der Waals surface area contributed by atoms with Crippen molar-refractivity contribution in [3.8, 4) is 0 Å². The first-order valence-corrected chi connectivity index (χ1v) is 6.22. The van der Waals surface area contributed by atoms with Crippen LogP contribution in [0.25, 0.3) is 0 Å². The monoisotopic (exact) mass is 281 g/mol. The summed E-state index contributed by atoms with van der Waals surface area (Å²) in [4.78, 5) is 22.2. The van der Waals surface area contributed by atoms with Crippen LogP contribution in [0.4, 0.5) is 5.82 Å². The molecule has 1 amide bonds. The summed E-state index contributed by atoms with van der Waals surface area (Å²) in [6, 6.07) is -0.455. The molecule has 0 bridgehead atoms. The van der Waals surface area contributed by atoms with Gasteiger partial charge in [0.1, 0.15) is 16.7 Å². The van der Waals surface area contributed by atoms with Crippen molar-refractivity contribution in [3.63, 3.8) is 0 Å². The summed E-state index contributed by atoms with van der Waals surface area (Å²) in [5.74, 6) is 0.381. The molecule has 1 aliphatic rings. The highest BCUT2D eigenvalue weighted by Crippen LogP contribution is 2.20. The maximum atomic E-state index is 11.9. The maximum absolute atomic E-state index is 11.9. The van der Waals surface area contributed by atoms with E-state index in [9.17, 15) is 4.79 Å². The molecule has 1 aliphatic heterocycles. The minimum absolute atomic E-state index is 0.140. The van der Waals surface area contributed by atoms with Crippen LogP contribution in [0.15, 0.2) is 12.4 Å². The van der Waals surface area contributed by atoms with Gasteiger partial charge in [0.05, 0.1) is 13.2 Å². The third kappa shape index (κ3) is 2.79. The van der Waals surface area contributed by atoms with Gasteiger partial charge in [-0.25, -0.2) is 9.97 Å². The third-order valence-corrected chi connectivity index (χ3v) is 3.06. The number of aromatic nitrogens is 2. The fourth-order valence-corrected chi connectivity index (χ4v) is 2.10. The fraction of sp³-hybridized carbons (Fsp3) is 0.455. The standard InChI is InChI=1S/C11H15N5O2S/c1-13-11(17)7-6-18-5-4-16(7)10-8(9(12)19)14-2-3-15-10/h2-3,7H,4-6H2,1H3,(H2,12,19)(H,13,17). The van der Waals surface area contributed by atoms with Gasteiger partial charge < -0.3 is 20.7 Å². The van der Waals surface area contributed by atoms with Crippen LogP contribution in [-0.4, -0.2) is 53.7 Å². The van der Waals surface area contributed by atoms with Crippen molar-refractivity contribution in [2.24, 2.45) is 5.73 Å². The van der Waals surface area contributed by atoms with Gasteiger partial charge in [0.25, 0.3) is 0 Å². The Morgan fingerprint density at radius 3 is 3.00 bits per heavy atom. The molecule has 7 nitrogen and oxygen atoms in total. The van der Waals surface area contributed by atoms with E-state index in [1.807, 2.05) is 4.90 Å². The molecule has 8 heteroatoms. The first kappa shape index (κ1) is 13.6. The molecule has 0 radical (unpaired) electrons. The molecule has 1 aromatic heterocycles. The number of hydrogen-bond donors (Lipinski definition) is 2. The predicted molar refractivity (Wildman–Crippen MR) is 73.9 cm³/mol. The average Bonchev–Trinajstić information content (AvgIpc) is 2.46. The van der Waals surface area contributed by atoms with Crippen molar-refractivity contribution in [1.82, 2.24) is 15.3 Å². The Bertz CT molecular complexity index is 496. The number of nitrogens with zero attached hydrogens (tertiary/aromatic N) is 3. The number of likely N-dealkylation sites (N-methyl/N-ethyl adjacent to an activating group) is 1. The number of nitrogens with one attached hydrogen (secondary N) is 1. The zero-order valence-corrected chi connectivity index (χ0v) is 11.3. The van der Waals surface area contributed by atoms with Crippen molar-refractivity contribution < 1.29 is 9.53 Å². The number of rotatable bonds is 3. The smallest absolute Gasteiger partial charge is 0.244 e. The molecule has 1 unspecified atom stereocenters. The number of carbonyl (C=O) groups is 1. The molecule has 1 atom stereocenters. The van der Waals surface area contributed by atoms with E-state index in [-0.39, 0.29) is 10.9 Å². The third-order valence-electron chi connectivity index (χ3n) is 2.86. The first-order chi connectivity index (χ1) is 9.15. The number of nitrogens with two attached hydrogens (primary N) is 1. The largest absolute Gasteiger partial charge is 0.388 e. The predicted octanol–water partition coefficient (Wildman–Crippen LogP) is -0.938. The zero-order valence-electron chi connectivity index (χ0n) is 10.5. The number of thiocarbonyl (C=S) groups is 1. The minimum Gasteiger partial charge on any atom is -0.388 e. The average molecular weight is 281 g/mol. The molecule has 0 saturated carbocycles. The van der Waals surface area contributed by atoms with E-state index < -0.39 is 6.04 Å². The normalized spacial score (nSPS) is 19.0. The molecule has 1 fully saturated rings. The lowest BCUT2D eigenvalue weighted by Gasteiger charge is -2.35. The minimum atomic E-state index is -0.455. The van der Waals surface area contributed by atoms with Crippen LogP contribution >= 0.6 is 12.2 Å². The van der Waals surface area contributed by atoms with E-state index in [2.05, 4.69) is 15.3 Å². The molecular weight excluding hydrogens is 266 g/mol. The molecule has 1 saturated heterocycles. The van der Waals surface area contributed by atoms with Crippen molar-refractivity contribution in [1.29, 1.82) is 0 Å². The van der Waals surface area contributed by atoms with E-state index in [4.69, 9.17) is 22.7 Å². The Morgan fingerprint density at radius 2 is 2.32 bits per heavy atom. The second kappa shape index (κ2) is 5.89. The number of amides is 1. The van der Waals surface area contributed by atoms with E-state index >= 15 is 0 Å². The van der Waals surface area contributed by atoms with Crippen LogP contribution in [0, 0.1) is 0 Å². The summed E-state index contributed by atoms with van der Waals surface area (Å²) in [5, 5.41) is 2.61. The van der Waals surface area contributed by atoms with Crippen LogP contribution in [-0.2, 0) is 9.53 Å². The lowest BCUT2D eigenvalue weighted by molar-refractivity contribution is -0.124. The van der Waals surface area contributed by atoms with Gasteiger partial charge >= 0.3 is 0 Å². The Labute approximate surface area is 116 Å². The molecule has 19 heavy (non-hydrogen) atoms. The Balaban J connectivity index is 2.37. The van der Waals surface area contributed by atoms with Gasteiger partial charge in [-0.3, -0.25) is 4.79 Å². The van der Waals surface area contributed by atoms with Gasteiger partial charge in [0, 0.05) is 26.0 Å². The quantitative estimate of drug-likeness (QED) is 0.691. The maximum Gasteiger partial charge on any atom is 0.244 e. The van der Waals surface area contributed by atoms with Crippen molar-refractivity contribution in [2.75, 3.05) is 31.7 Å². The van der Waals surface area contributed by atoms with Crippen LogP contribution in [0.2, 0.25) is 0 Å². The molecule has 1 aromatic rings. The SMILES string of the molecule is CNC(=O)C1COCCN1c1nccnc1C(N)=S. The van der Waals surface area contributed by atoms with Gasteiger partial charge in [-0.15, -0.1) is 0 Å². The number of hydrogen-bond acceptors (Lipinski definition) is 6. The van der Waals surface area contributed by atoms with Gasteiger partial charge in [-0.2, -0.15) is 0 Å².